The quantitative estimate of drug-likeness (QED) is 0.715. The van der Waals surface area contributed by atoms with E-state index >= 15 is 0 Å². The number of aromatic amines is 1. The molecule has 1 aliphatic heterocycles. The van der Waals surface area contributed by atoms with Crippen molar-refractivity contribution in [3.05, 3.63) is 52.6 Å². The molecule has 3 aromatic rings. The van der Waals surface area contributed by atoms with Gasteiger partial charge in [0.2, 0.25) is 5.28 Å². The Balaban J connectivity index is 1.50. The van der Waals surface area contributed by atoms with E-state index in [9.17, 15) is 0 Å². The Morgan fingerprint density at radius 3 is 3.08 bits per heavy atom. The summed E-state index contributed by atoms with van der Waals surface area (Å²) in [5.74, 6) is 0.887. The van der Waals surface area contributed by atoms with Crippen molar-refractivity contribution in [2.24, 2.45) is 0 Å². The number of halogens is 1. The number of fused-ring (bicyclic) bond motifs is 2. The highest BCUT2D eigenvalue weighted by Crippen LogP contribution is 2.25. The van der Waals surface area contributed by atoms with Gasteiger partial charge in [-0.2, -0.15) is 0 Å². The van der Waals surface area contributed by atoms with Crippen LogP contribution in [0.2, 0.25) is 5.28 Å². The monoisotopic (exact) mass is 341 g/mol. The van der Waals surface area contributed by atoms with Gasteiger partial charge in [-0.25, -0.2) is 9.97 Å². The Hall–Kier alpha value is -2.11. The first kappa shape index (κ1) is 15.4. The molecule has 0 fully saturated rings. The molecule has 124 valence electrons. The summed E-state index contributed by atoms with van der Waals surface area (Å²) in [6.45, 7) is 2.67. The summed E-state index contributed by atoms with van der Waals surface area (Å²) >= 11 is 6.10. The van der Waals surface area contributed by atoms with Crippen molar-refractivity contribution in [2.45, 2.75) is 19.4 Å². The number of likely N-dealkylation sites (N-methyl/N-ethyl adjacent to an activating group) is 1. The molecule has 0 aliphatic carbocycles. The van der Waals surface area contributed by atoms with Crippen LogP contribution in [0.1, 0.15) is 16.8 Å². The molecule has 0 saturated heterocycles. The number of para-hydroxylation sites is 1. The molecule has 4 rings (SSSR count). The smallest absolute Gasteiger partial charge is 0.224 e. The maximum Gasteiger partial charge on any atom is 0.224 e. The van der Waals surface area contributed by atoms with Crippen molar-refractivity contribution in [3.8, 4) is 0 Å². The SMILES string of the molecule is CN1CCc2c(nc(Cl)nc2NCCc2c[nH]c3ccccc23)C1. The van der Waals surface area contributed by atoms with Crippen LogP contribution >= 0.6 is 11.6 Å². The predicted molar refractivity (Wildman–Crippen MR) is 97.6 cm³/mol. The van der Waals surface area contributed by atoms with E-state index in [-0.39, 0.29) is 0 Å². The fraction of sp³-hybridized carbons (Fsp3) is 0.333. The predicted octanol–water partition coefficient (Wildman–Crippen LogP) is 3.25. The van der Waals surface area contributed by atoms with E-state index in [0.717, 1.165) is 44.0 Å². The van der Waals surface area contributed by atoms with Gasteiger partial charge in [-0.05, 0) is 43.1 Å². The van der Waals surface area contributed by atoms with Gasteiger partial charge < -0.3 is 15.2 Å². The molecule has 0 amide bonds. The fourth-order valence-corrected chi connectivity index (χ4v) is 3.52. The van der Waals surface area contributed by atoms with Gasteiger partial charge >= 0.3 is 0 Å². The summed E-state index contributed by atoms with van der Waals surface area (Å²) in [5, 5.41) is 5.06. The van der Waals surface area contributed by atoms with Crippen LogP contribution in [0.3, 0.4) is 0 Å². The Bertz CT molecular complexity index is 873. The first-order chi connectivity index (χ1) is 11.7. The van der Waals surface area contributed by atoms with Crippen LogP contribution in [0.15, 0.2) is 30.5 Å². The van der Waals surface area contributed by atoms with E-state index in [1.807, 2.05) is 6.07 Å². The number of benzene rings is 1. The second-order valence-corrected chi connectivity index (χ2v) is 6.63. The standard InChI is InChI=1S/C18H20ClN5/c1-24-9-7-14-16(11-24)22-18(19)23-17(14)20-8-6-12-10-21-15-5-3-2-4-13(12)15/h2-5,10,21H,6-9,11H2,1H3,(H,20,22,23). The molecule has 0 radical (unpaired) electrons. The lowest BCUT2D eigenvalue weighted by atomic mass is 10.1. The summed E-state index contributed by atoms with van der Waals surface area (Å²) in [5.41, 5.74) is 4.74. The number of aromatic nitrogens is 3. The lowest BCUT2D eigenvalue weighted by Crippen LogP contribution is -2.28. The zero-order chi connectivity index (χ0) is 16.5. The summed E-state index contributed by atoms with van der Waals surface area (Å²) in [6, 6.07) is 8.38. The molecule has 0 saturated carbocycles. The lowest BCUT2D eigenvalue weighted by molar-refractivity contribution is 0.307. The maximum atomic E-state index is 6.10. The highest BCUT2D eigenvalue weighted by atomic mass is 35.5. The Labute approximate surface area is 146 Å². The van der Waals surface area contributed by atoms with Gasteiger partial charge in [0.15, 0.2) is 0 Å². The topological polar surface area (TPSA) is 56.8 Å². The molecule has 0 bridgehead atoms. The molecule has 2 N–H and O–H groups in total. The molecule has 0 atom stereocenters. The zero-order valence-electron chi connectivity index (χ0n) is 13.6. The van der Waals surface area contributed by atoms with Crippen molar-refractivity contribution in [1.82, 2.24) is 19.9 Å². The molecular weight excluding hydrogens is 322 g/mol. The number of anilines is 1. The first-order valence-electron chi connectivity index (χ1n) is 8.23. The van der Waals surface area contributed by atoms with E-state index in [1.165, 1.54) is 22.0 Å². The number of hydrogen-bond donors (Lipinski definition) is 2. The van der Waals surface area contributed by atoms with Gasteiger partial charge in [0.05, 0.1) is 5.69 Å². The summed E-state index contributed by atoms with van der Waals surface area (Å²) in [7, 11) is 2.10. The average Bonchev–Trinajstić information content (AvgIpc) is 2.97. The number of H-pyrrole nitrogens is 1. The third kappa shape index (κ3) is 2.97. The summed E-state index contributed by atoms with van der Waals surface area (Å²) in [6.07, 6.45) is 3.97. The van der Waals surface area contributed by atoms with Crippen molar-refractivity contribution in [3.63, 3.8) is 0 Å². The van der Waals surface area contributed by atoms with Crippen molar-refractivity contribution < 1.29 is 0 Å². The molecular formula is C18H20ClN5. The van der Waals surface area contributed by atoms with Gasteiger partial charge in [0.1, 0.15) is 5.82 Å². The molecule has 24 heavy (non-hydrogen) atoms. The van der Waals surface area contributed by atoms with Crippen LogP contribution in [0.5, 0.6) is 0 Å². The van der Waals surface area contributed by atoms with Crippen LogP contribution in [-0.2, 0) is 19.4 Å². The van der Waals surface area contributed by atoms with E-state index < -0.39 is 0 Å². The molecule has 0 spiro atoms. The van der Waals surface area contributed by atoms with Crippen LogP contribution in [0.25, 0.3) is 10.9 Å². The highest BCUT2D eigenvalue weighted by molar-refractivity contribution is 6.28. The van der Waals surface area contributed by atoms with E-state index in [4.69, 9.17) is 11.6 Å². The lowest BCUT2D eigenvalue weighted by Gasteiger charge is -2.25. The number of rotatable bonds is 4. The summed E-state index contributed by atoms with van der Waals surface area (Å²) in [4.78, 5) is 14.4. The van der Waals surface area contributed by atoms with Crippen molar-refractivity contribution >= 4 is 28.3 Å². The molecule has 1 aliphatic rings. The van der Waals surface area contributed by atoms with Gasteiger partial charge in [0.25, 0.3) is 0 Å². The zero-order valence-corrected chi connectivity index (χ0v) is 14.4. The second kappa shape index (κ2) is 6.42. The van der Waals surface area contributed by atoms with Crippen LogP contribution in [0, 0.1) is 0 Å². The normalized spacial score (nSPS) is 14.8. The molecule has 0 unspecified atom stereocenters. The average molecular weight is 342 g/mol. The van der Waals surface area contributed by atoms with Gasteiger partial charge in [-0.3, -0.25) is 0 Å². The Morgan fingerprint density at radius 1 is 1.29 bits per heavy atom. The van der Waals surface area contributed by atoms with Crippen LogP contribution < -0.4 is 5.32 Å². The third-order valence-electron chi connectivity index (χ3n) is 4.59. The van der Waals surface area contributed by atoms with Gasteiger partial charge in [-0.15, -0.1) is 0 Å². The Morgan fingerprint density at radius 2 is 2.17 bits per heavy atom. The summed E-state index contributed by atoms with van der Waals surface area (Å²) < 4.78 is 0. The molecule has 1 aromatic carbocycles. The minimum Gasteiger partial charge on any atom is -0.369 e. The van der Waals surface area contributed by atoms with Crippen molar-refractivity contribution in [1.29, 1.82) is 0 Å². The number of hydrogen-bond acceptors (Lipinski definition) is 4. The maximum absolute atomic E-state index is 6.10. The molecule has 6 heteroatoms. The van der Waals surface area contributed by atoms with Gasteiger partial charge in [0, 0.05) is 42.3 Å². The fourth-order valence-electron chi connectivity index (χ4n) is 3.33. The third-order valence-corrected chi connectivity index (χ3v) is 4.76. The minimum atomic E-state index is 0.318. The highest BCUT2D eigenvalue weighted by Gasteiger charge is 2.19. The number of nitrogens with one attached hydrogen (secondary N) is 2. The van der Waals surface area contributed by atoms with Gasteiger partial charge in [-0.1, -0.05) is 18.2 Å². The molecule has 5 nitrogen and oxygen atoms in total. The molecule has 3 heterocycles. The Kier molecular flexibility index (Phi) is 4.12. The first-order valence-corrected chi connectivity index (χ1v) is 8.61. The molecule has 2 aromatic heterocycles. The van der Waals surface area contributed by atoms with Crippen LogP contribution in [-0.4, -0.2) is 40.0 Å². The van der Waals surface area contributed by atoms with Crippen molar-refractivity contribution in [2.75, 3.05) is 25.5 Å². The largest absolute Gasteiger partial charge is 0.369 e. The number of nitrogens with zero attached hydrogens (tertiary/aromatic N) is 3. The second-order valence-electron chi connectivity index (χ2n) is 6.29. The van der Waals surface area contributed by atoms with Crippen LogP contribution in [0.4, 0.5) is 5.82 Å². The van der Waals surface area contributed by atoms with E-state index in [2.05, 4.69) is 56.6 Å². The van der Waals surface area contributed by atoms with E-state index in [0.29, 0.717) is 5.28 Å². The van der Waals surface area contributed by atoms with E-state index in [1.54, 1.807) is 0 Å². The minimum absolute atomic E-state index is 0.318.